The van der Waals surface area contributed by atoms with E-state index in [1.807, 2.05) is 0 Å². The lowest BCUT2D eigenvalue weighted by Gasteiger charge is -2.25. The first-order valence-electron chi connectivity index (χ1n) is 9.08. The van der Waals surface area contributed by atoms with E-state index in [9.17, 15) is 26.4 Å². The van der Waals surface area contributed by atoms with E-state index >= 15 is 0 Å². The van der Waals surface area contributed by atoms with Crippen molar-refractivity contribution >= 4 is 62.1 Å². The first kappa shape index (κ1) is 25.2. The average molecular weight is 538 g/mol. The van der Waals surface area contributed by atoms with Gasteiger partial charge in [-0.15, -0.1) is 0 Å². The monoisotopic (exact) mass is 536 g/mol. The highest BCUT2D eigenvalue weighted by molar-refractivity contribution is 7.92. The van der Waals surface area contributed by atoms with Crippen molar-refractivity contribution in [2.75, 3.05) is 16.2 Å². The highest BCUT2D eigenvalue weighted by Gasteiger charge is 2.33. The number of amides is 1. The van der Waals surface area contributed by atoms with Crippen LogP contribution < -0.4 is 9.62 Å². The SMILES string of the molecule is O=C(CN(c1cccc(C(F)(F)F)c1)S(=O)(=O)c1ccc(Cl)cc1)Nc1cc(Cl)cc(Cl)c1. The van der Waals surface area contributed by atoms with Crippen LogP contribution in [-0.4, -0.2) is 20.9 Å². The van der Waals surface area contributed by atoms with Gasteiger partial charge in [-0.3, -0.25) is 9.10 Å². The minimum atomic E-state index is -4.72. The van der Waals surface area contributed by atoms with Crippen LogP contribution in [0, 0.1) is 0 Å². The largest absolute Gasteiger partial charge is 0.416 e. The summed E-state index contributed by atoms with van der Waals surface area (Å²) in [5.41, 5.74) is -1.23. The summed E-state index contributed by atoms with van der Waals surface area (Å²) in [6.45, 7) is -0.823. The van der Waals surface area contributed by atoms with E-state index in [1.165, 1.54) is 42.5 Å². The normalized spacial score (nSPS) is 11.8. The van der Waals surface area contributed by atoms with E-state index < -0.39 is 34.2 Å². The van der Waals surface area contributed by atoms with Crippen molar-refractivity contribution in [1.29, 1.82) is 0 Å². The molecule has 0 radical (unpaired) electrons. The number of halogens is 6. The first-order chi connectivity index (χ1) is 15.4. The maximum Gasteiger partial charge on any atom is 0.416 e. The second kappa shape index (κ2) is 9.80. The summed E-state index contributed by atoms with van der Waals surface area (Å²) in [6, 6.07) is 12.9. The molecule has 12 heteroatoms. The van der Waals surface area contributed by atoms with Crippen molar-refractivity contribution in [3.63, 3.8) is 0 Å². The number of rotatable bonds is 6. The quantitative estimate of drug-likeness (QED) is 0.390. The zero-order valence-corrected chi connectivity index (χ0v) is 19.5. The van der Waals surface area contributed by atoms with E-state index in [2.05, 4.69) is 5.32 Å². The summed E-state index contributed by atoms with van der Waals surface area (Å²) in [5.74, 6) is -0.830. The molecule has 0 atom stereocenters. The van der Waals surface area contributed by atoms with Crippen LogP contribution in [0.2, 0.25) is 15.1 Å². The fraction of sp³-hybridized carbons (Fsp3) is 0.0952. The number of benzene rings is 3. The van der Waals surface area contributed by atoms with Crippen molar-refractivity contribution < 1.29 is 26.4 Å². The minimum absolute atomic E-state index is 0.186. The van der Waals surface area contributed by atoms with Crippen LogP contribution in [0.4, 0.5) is 24.5 Å². The Kier molecular flexibility index (Phi) is 7.48. The molecule has 0 fully saturated rings. The summed E-state index contributed by atoms with van der Waals surface area (Å²) in [4.78, 5) is 12.4. The molecule has 33 heavy (non-hydrogen) atoms. The van der Waals surface area contributed by atoms with Crippen molar-refractivity contribution in [1.82, 2.24) is 0 Å². The van der Waals surface area contributed by atoms with E-state index in [1.54, 1.807) is 0 Å². The molecule has 0 aromatic heterocycles. The van der Waals surface area contributed by atoms with E-state index in [0.717, 1.165) is 18.2 Å². The van der Waals surface area contributed by atoms with Crippen LogP contribution >= 0.6 is 34.8 Å². The van der Waals surface area contributed by atoms with Crippen LogP contribution in [-0.2, 0) is 21.0 Å². The van der Waals surface area contributed by atoms with Gasteiger partial charge in [0.1, 0.15) is 6.54 Å². The van der Waals surface area contributed by atoms with Crippen LogP contribution in [0.3, 0.4) is 0 Å². The number of hydrogen-bond donors (Lipinski definition) is 1. The zero-order valence-electron chi connectivity index (χ0n) is 16.4. The van der Waals surface area contributed by atoms with E-state index in [0.29, 0.717) is 10.4 Å². The van der Waals surface area contributed by atoms with Gasteiger partial charge in [-0.2, -0.15) is 13.2 Å². The Bertz CT molecular complexity index is 1260. The topological polar surface area (TPSA) is 66.5 Å². The molecule has 0 aliphatic carbocycles. The molecular formula is C21H14Cl3F3N2O3S. The van der Waals surface area contributed by atoms with Crippen molar-refractivity contribution in [3.05, 3.63) is 87.4 Å². The lowest BCUT2D eigenvalue weighted by atomic mass is 10.2. The van der Waals surface area contributed by atoms with E-state index in [4.69, 9.17) is 34.8 Å². The third kappa shape index (κ3) is 6.32. The van der Waals surface area contributed by atoms with Gasteiger partial charge in [0.2, 0.25) is 5.91 Å². The molecule has 0 saturated carbocycles. The number of alkyl halides is 3. The predicted molar refractivity (Wildman–Crippen MR) is 123 cm³/mol. The third-order valence-corrected chi connectivity index (χ3v) is 6.77. The lowest BCUT2D eigenvalue weighted by molar-refractivity contribution is -0.137. The highest BCUT2D eigenvalue weighted by Crippen LogP contribution is 2.33. The molecule has 0 spiro atoms. The molecule has 1 amide bonds. The first-order valence-corrected chi connectivity index (χ1v) is 11.7. The molecule has 0 aliphatic rings. The molecular weight excluding hydrogens is 524 g/mol. The molecule has 1 N–H and O–H groups in total. The fourth-order valence-electron chi connectivity index (χ4n) is 2.84. The van der Waals surface area contributed by atoms with Gasteiger partial charge in [-0.25, -0.2) is 8.42 Å². The maximum absolute atomic E-state index is 13.3. The summed E-state index contributed by atoms with van der Waals surface area (Å²) in [6.07, 6.45) is -4.72. The van der Waals surface area contributed by atoms with Gasteiger partial charge in [0.15, 0.2) is 0 Å². The van der Waals surface area contributed by atoms with Gasteiger partial charge in [-0.1, -0.05) is 40.9 Å². The summed E-state index contributed by atoms with van der Waals surface area (Å²) >= 11 is 17.6. The number of nitrogens with zero attached hydrogens (tertiary/aromatic N) is 1. The fourth-order valence-corrected chi connectivity index (χ4v) is 4.91. The highest BCUT2D eigenvalue weighted by atomic mass is 35.5. The van der Waals surface area contributed by atoms with Gasteiger partial charge in [0, 0.05) is 20.8 Å². The van der Waals surface area contributed by atoms with Crippen molar-refractivity contribution in [2.45, 2.75) is 11.1 Å². The molecule has 3 rings (SSSR count). The van der Waals surface area contributed by atoms with Crippen LogP contribution in [0.5, 0.6) is 0 Å². The summed E-state index contributed by atoms with van der Waals surface area (Å²) < 4.78 is 66.8. The second-order valence-corrected chi connectivity index (χ2v) is 9.89. The van der Waals surface area contributed by atoms with Crippen molar-refractivity contribution in [3.8, 4) is 0 Å². The average Bonchev–Trinajstić information content (AvgIpc) is 2.71. The zero-order chi connectivity index (χ0) is 24.4. The van der Waals surface area contributed by atoms with Crippen LogP contribution in [0.25, 0.3) is 0 Å². The van der Waals surface area contributed by atoms with Crippen molar-refractivity contribution in [2.24, 2.45) is 0 Å². The Labute approximate surface area is 202 Å². The van der Waals surface area contributed by atoms with Gasteiger partial charge < -0.3 is 5.32 Å². The van der Waals surface area contributed by atoms with E-state index in [-0.39, 0.29) is 31.3 Å². The molecule has 0 unspecified atom stereocenters. The second-order valence-electron chi connectivity index (χ2n) is 6.72. The standard InChI is InChI=1S/C21H14Cl3F3N2O3S/c22-14-4-6-19(7-5-14)33(31,32)29(18-3-1-2-13(8-18)21(25,26)27)12-20(30)28-17-10-15(23)9-16(24)11-17/h1-11H,12H2,(H,28,30). The van der Waals surface area contributed by atoms with Gasteiger partial charge in [-0.05, 0) is 60.7 Å². The predicted octanol–water partition coefficient (Wildman–Crippen LogP) is 6.50. The molecule has 0 saturated heterocycles. The van der Waals surface area contributed by atoms with Gasteiger partial charge in [0.25, 0.3) is 10.0 Å². The number of sulfonamides is 1. The number of anilines is 2. The maximum atomic E-state index is 13.3. The Morgan fingerprint density at radius 1 is 0.879 bits per heavy atom. The molecule has 0 heterocycles. The summed E-state index contributed by atoms with van der Waals surface area (Å²) in [5, 5.41) is 3.15. The van der Waals surface area contributed by atoms with Gasteiger partial charge >= 0.3 is 6.18 Å². The number of hydrogen-bond acceptors (Lipinski definition) is 3. The molecule has 3 aromatic carbocycles. The molecule has 174 valence electrons. The minimum Gasteiger partial charge on any atom is -0.324 e. The Balaban J connectivity index is 2.02. The Morgan fingerprint density at radius 2 is 1.48 bits per heavy atom. The number of carbonyl (C=O) groups is 1. The number of carbonyl (C=O) groups excluding carboxylic acids is 1. The number of nitrogens with one attached hydrogen (secondary N) is 1. The summed E-state index contributed by atoms with van der Waals surface area (Å²) in [7, 11) is -4.44. The molecule has 0 aliphatic heterocycles. The van der Waals surface area contributed by atoms with Crippen LogP contribution in [0.15, 0.2) is 71.6 Å². The Hall–Kier alpha value is -2.46. The molecule has 5 nitrogen and oxygen atoms in total. The Morgan fingerprint density at radius 3 is 2.06 bits per heavy atom. The molecule has 3 aromatic rings. The lowest BCUT2D eigenvalue weighted by Crippen LogP contribution is -2.38. The third-order valence-electron chi connectivity index (χ3n) is 4.30. The molecule has 0 bridgehead atoms. The van der Waals surface area contributed by atoms with Gasteiger partial charge in [0.05, 0.1) is 16.1 Å². The smallest absolute Gasteiger partial charge is 0.324 e. The van der Waals surface area contributed by atoms with Crippen LogP contribution in [0.1, 0.15) is 5.56 Å².